The van der Waals surface area contributed by atoms with E-state index in [2.05, 4.69) is 0 Å². The number of carbonyl (C=O) groups excluding carboxylic acids is 3. The number of ketones is 2. The average molecular weight is 204 g/mol. The van der Waals surface area contributed by atoms with Crippen LogP contribution in [0.15, 0.2) is 23.3 Å². The molecule has 3 nitrogen and oxygen atoms in total. The fourth-order valence-electron chi connectivity index (χ4n) is 2.18. The van der Waals surface area contributed by atoms with Crippen LogP contribution in [0.2, 0.25) is 0 Å². The van der Waals surface area contributed by atoms with Gasteiger partial charge in [-0.1, -0.05) is 12.2 Å². The van der Waals surface area contributed by atoms with Gasteiger partial charge in [-0.2, -0.15) is 0 Å². The molecule has 0 heterocycles. The maximum absolute atomic E-state index is 11.8. The van der Waals surface area contributed by atoms with Crippen LogP contribution in [0.4, 0.5) is 0 Å². The maximum atomic E-state index is 11.8. The molecule has 2 rings (SSSR count). The number of carbonyl (C=O) groups is 3. The molecule has 78 valence electrons. The van der Waals surface area contributed by atoms with Crippen molar-refractivity contribution in [1.82, 2.24) is 0 Å². The smallest absolute Gasteiger partial charge is 0.170 e. The van der Waals surface area contributed by atoms with E-state index in [-0.39, 0.29) is 18.0 Å². The number of hydrogen-bond acceptors (Lipinski definition) is 3. The van der Waals surface area contributed by atoms with E-state index in [0.717, 1.165) is 6.29 Å². The van der Waals surface area contributed by atoms with Gasteiger partial charge in [-0.3, -0.25) is 9.59 Å². The lowest BCUT2D eigenvalue weighted by Crippen LogP contribution is -2.17. The minimum atomic E-state index is -0.569. The van der Waals surface area contributed by atoms with Gasteiger partial charge in [0.2, 0.25) is 0 Å². The first-order valence-electron chi connectivity index (χ1n) is 5.14. The van der Waals surface area contributed by atoms with Crippen LogP contribution in [-0.2, 0) is 14.4 Å². The van der Waals surface area contributed by atoms with Crippen molar-refractivity contribution in [3.05, 3.63) is 23.3 Å². The predicted octanol–water partition coefficient (Wildman–Crippen LogP) is 1.38. The van der Waals surface area contributed by atoms with Crippen molar-refractivity contribution < 1.29 is 14.4 Å². The fraction of sp³-hybridized carbons (Fsp3) is 0.417. The topological polar surface area (TPSA) is 51.2 Å². The van der Waals surface area contributed by atoms with Gasteiger partial charge in [-0.25, -0.2) is 0 Å². The van der Waals surface area contributed by atoms with Crippen molar-refractivity contribution in [2.75, 3.05) is 0 Å². The molecule has 0 aromatic carbocycles. The molecular formula is C12H12O3. The van der Waals surface area contributed by atoms with Crippen LogP contribution in [0, 0.1) is 5.92 Å². The Morgan fingerprint density at radius 1 is 1.13 bits per heavy atom. The SMILES string of the molecule is O=CCCC1C(=O)C2=C(CC=CC2)C1=O. The summed E-state index contributed by atoms with van der Waals surface area (Å²) in [7, 11) is 0. The second-order valence-electron chi connectivity index (χ2n) is 3.86. The summed E-state index contributed by atoms with van der Waals surface area (Å²) in [5, 5.41) is 0. The van der Waals surface area contributed by atoms with Crippen LogP contribution in [0.5, 0.6) is 0 Å². The van der Waals surface area contributed by atoms with Crippen LogP contribution in [0.3, 0.4) is 0 Å². The van der Waals surface area contributed by atoms with Crippen molar-refractivity contribution in [2.24, 2.45) is 5.92 Å². The Balaban J connectivity index is 2.18. The molecule has 0 aromatic heterocycles. The molecule has 0 unspecified atom stereocenters. The first-order valence-corrected chi connectivity index (χ1v) is 5.14. The molecule has 2 aliphatic carbocycles. The Labute approximate surface area is 87.8 Å². The summed E-state index contributed by atoms with van der Waals surface area (Å²) in [5.74, 6) is -0.678. The molecule has 0 atom stereocenters. The Hall–Kier alpha value is -1.51. The Morgan fingerprint density at radius 2 is 1.67 bits per heavy atom. The molecule has 15 heavy (non-hydrogen) atoms. The molecule has 0 N–H and O–H groups in total. The largest absolute Gasteiger partial charge is 0.303 e. The van der Waals surface area contributed by atoms with Crippen molar-refractivity contribution in [3.8, 4) is 0 Å². The minimum absolute atomic E-state index is 0.0544. The number of rotatable bonds is 3. The molecule has 0 saturated carbocycles. The first kappa shape index (κ1) is 10.0. The highest BCUT2D eigenvalue weighted by Gasteiger charge is 2.39. The van der Waals surface area contributed by atoms with E-state index in [0.29, 0.717) is 30.4 Å². The predicted molar refractivity (Wildman–Crippen MR) is 54.2 cm³/mol. The van der Waals surface area contributed by atoms with E-state index in [1.165, 1.54) is 0 Å². The van der Waals surface area contributed by atoms with Gasteiger partial charge in [0.25, 0.3) is 0 Å². The second-order valence-corrected chi connectivity index (χ2v) is 3.86. The normalized spacial score (nSPS) is 21.1. The van der Waals surface area contributed by atoms with Crippen molar-refractivity contribution in [3.63, 3.8) is 0 Å². The highest BCUT2D eigenvalue weighted by Crippen LogP contribution is 2.34. The molecule has 0 aliphatic heterocycles. The quantitative estimate of drug-likeness (QED) is 0.396. The standard InChI is InChI=1S/C12H12O3/c13-7-3-6-10-11(14)8-4-1-2-5-9(8)12(10)15/h1-2,7,10H,3-6H2. The molecule has 0 saturated heterocycles. The van der Waals surface area contributed by atoms with Crippen LogP contribution >= 0.6 is 0 Å². The average Bonchev–Trinajstić information content (AvgIpc) is 2.51. The van der Waals surface area contributed by atoms with E-state index in [4.69, 9.17) is 0 Å². The van der Waals surface area contributed by atoms with Gasteiger partial charge >= 0.3 is 0 Å². The van der Waals surface area contributed by atoms with Crippen molar-refractivity contribution in [2.45, 2.75) is 25.7 Å². The summed E-state index contributed by atoms with van der Waals surface area (Å²) in [5.41, 5.74) is 1.36. The third kappa shape index (κ3) is 1.58. The van der Waals surface area contributed by atoms with E-state index in [1.54, 1.807) is 0 Å². The van der Waals surface area contributed by atoms with Crippen molar-refractivity contribution in [1.29, 1.82) is 0 Å². The summed E-state index contributed by atoms with van der Waals surface area (Å²) in [6.07, 6.45) is 6.42. The third-order valence-corrected chi connectivity index (χ3v) is 2.98. The molecule has 0 fully saturated rings. The molecule has 0 amide bonds. The fourth-order valence-corrected chi connectivity index (χ4v) is 2.18. The maximum Gasteiger partial charge on any atom is 0.170 e. The van der Waals surface area contributed by atoms with E-state index in [1.807, 2.05) is 12.2 Å². The lowest BCUT2D eigenvalue weighted by atomic mass is 9.96. The summed E-state index contributed by atoms with van der Waals surface area (Å²) < 4.78 is 0. The van der Waals surface area contributed by atoms with Gasteiger partial charge in [0.05, 0.1) is 5.92 Å². The highest BCUT2D eigenvalue weighted by atomic mass is 16.2. The molecule has 0 radical (unpaired) electrons. The van der Waals surface area contributed by atoms with Gasteiger partial charge in [-0.05, 0) is 19.3 Å². The molecular weight excluding hydrogens is 192 g/mol. The zero-order valence-corrected chi connectivity index (χ0v) is 8.36. The second kappa shape index (κ2) is 3.93. The van der Waals surface area contributed by atoms with Gasteiger partial charge in [0.1, 0.15) is 6.29 Å². The molecule has 3 heteroatoms. The highest BCUT2D eigenvalue weighted by molar-refractivity contribution is 6.24. The van der Waals surface area contributed by atoms with Gasteiger partial charge in [0.15, 0.2) is 11.6 Å². The molecule has 2 aliphatic rings. The van der Waals surface area contributed by atoms with Gasteiger partial charge in [-0.15, -0.1) is 0 Å². The van der Waals surface area contributed by atoms with E-state index < -0.39 is 5.92 Å². The van der Waals surface area contributed by atoms with Crippen LogP contribution in [0.1, 0.15) is 25.7 Å². The number of allylic oxidation sites excluding steroid dienone is 4. The third-order valence-electron chi connectivity index (χ3n) is 2.98. The summed E-state index contributed by atoms with van der Waals surface area (Å²) >= 11 is 0. The van der Waals surface area contributed by atoms with Crippen molar-refractivity contribution >= 4 is 17.9 Å². The lowest BCUT2D eigenvalue weighted by molar-refractivity contribution is -0.126. The van der Waals surface area contributed by atoms with Gasteiger partial charge < -0.3 is 4.79 Å². The Kier molecular flexibility index (Phi) is 2.62. The summed E-state index contributed by atoms with van der Waals surface area (Å²) in [4.78, 5) is 33.9. The van der Waals surface area contributed by atoms with Crippen LogP contribution in [-0.4, -0.2) is 17.9 Å². The Bertz CT molecular complexity index is 358. The lowest BCUT2D eigenvalue weighted by Gasteiger charge is -2.03. The minimum Gasteiger partial charge on any atom is -0.303 e. The molecule has 0 aromatic rings. The first-order chi connectivity index (χ1) is 7.25. The zero-order chi connectivity index (χ0) is 10.8. The summed E-state index contributed by atoms with van der Waals surface area (Å²) in [6, 6.07) is 0. The van der Waals surface area contributed by atoms with E-state index >= 15 is 0 Å². The summed E-state index contributed by atoms with van der Waals surface area (Å²) in [6.45, 7) is 0. The van der Waals surface area contributed by atoms with Gasteiger partial charge in [0, 0.05) is 17.6 Å². The number of hydrogen-bond donors (Lipinski definition) is 0. The zero-order valence-electron chi connectivity index (χ0n) is 8.36. The molecule has 0 bridgehead atoms. The Morgan fingerprint density at radius 3 is 2.13 bits per heavy atom. The van der Waals surface area contributed by atoms with Crippen LogP contribution in [0.25, 0.3) is 0 Å². The molecule has 0 spiro atoms. The monoisotopic (exact) mass is 204 g/mol. The number of aldehydes is 1. The van der Waals surface area contributed by atoms with E-state index in [9.17, 15) is 14.4 Å². The van der Waals surface area contributed by atoms with Crippen LogP contribution < -0.4 is 0 Å². The number of Topliss-reactive ketones (excluding diaryl/α,β-unsaturated/α-hetero) is 2.